The van der Waals surface area contributed by atoms with E-state index in [0.717, 1.165) is 0 Å². The maximum atomic E-state index is 13.3. The van der Waals surface area contributed by atoms with E-state index in [1.54, 1.807) is 39.2 Å². The van der Waals surface area contributed by atoms with E-state index >= 15 is 0 Å². The van der Waals surface area contributed by atoms with Crippen LogP contribution in [0.15, 0.2) is 30.5 Å². The van der Waals surface area contributed by atoms with E-state index in [1.807, 2.05) is 0 Å². The summed E-state index contributed by atoms with van der Waals surface area (Å²) in [6.45, 7) is 3.40. The van der Waals surface area contributed by atoms with Crippen molar-refractivity contribution in [3.8, 4) is 0 Å². The topological polar surface area (TPSA) is 91.8 Å². The maximum absolute atomic E-state index is 13.3. The van der Waals surface area contributed by atoms with Gasteiger partial charge in [0, 0.05) is 12.7 Å². The number of fused-ring (bicyclic) bond motifs is 1. The predicted octanol–water partition coefficient (Wildman–Crippen LogP) is 3.47. The SMILES string of the molecule is CNc1cnc2cc(NC(=O)Nc3ccc(F)c(C)c3)c(C)nc2n1. The molecular formula is C17H17FN6O. The molecule has 0 atom stereocenters. The molecule has 1 aromatic carbocycles. The molecule has 0 aliphatic heterocycles. The van der Waals surface area contributed by atoms with Gasteiger partial charge in [-0.2, -0.15) is 0 Å². The summed E-state index contributed by atoms with van der Waals surface area (Å²) in [6.07, 6.45) is 1.59. The summed E-state index contributed by atoms with van der Waals surface area (Å²) in [5.41, 5.74) is 3.15. The first-order valence-corrected chi connectivity index (χ1v) is 7.62. The Morgan fingerprint density at radius 2 is 1.92 bits per heavy atom. The Bertz CT molecular complexity index is 959. The number of pyridine rings is 1. The minimum absolute atomic E-state index is 0.319. The Balaban J connectivity index is 1.80. The highest BCUT2D eigenvalue weighted by Gasteiger charge is 2.10. The number of aromatic nitrogens is 3. The fraction of sp³-hybridized carbons (Fsp3) is 0.176. The van der Waals surface area contributed by atoms with E-state index in [1.165, 1.54) is 12.1 Å². The Morgan fingerprint density at radius 3 is 2.64 bits per heavy atom. The Morgan fingerprint density at radius 1 is 1.12 bits per heavy atom. The molecule has 0 fully saturated rings. The number of anilines is 3. The van der Waals surface area contributed by atoms with Gasteiger partial charge in [0.15, 0.2) is 5.65 Å². The number of aryl methyl sites for hydroxylation is 2. The third kappa shape index (κ3) is 3.63. The first-order valence-electron chi connectivity index (χ1n) is 7.62. The lowest BCUT2D eigenvalue weighted by Gasteiger charge is -2.11. The minimum atomic E-state index is -0.449. The summed E-state index contributed by atoms with van der Waals surface area (Å²) in [7, 11) is 1.75. The summed E-state index contributed by atoms with van der Waals surface area (Å²) in [5.74, 6) is 0.296. The van der Waals surface area contributed by atoms with Gasteiger partial charge in [0.25, 0.3) is 0 Å². The highest BCUT2D eigenvalue weighted by atomic mass is 19.1. The van der Waals surface area contributed by atoms with Crippen molar-refractivity contribution in [1.82, 2.24) is 15.0 Å². The lowest BCUT2D eigenvalue weighted by atomic mass is 10.2. The van der Waals surface area contributed by atoms with Crippen molar-refractivity contribution in [2.75, 3.05) is 23.0 Å². The molecule has 2 aromatic heterocycles. The highest BCUT2D eigenvalue weighted by Crippen LogP contribution is 2.20. The van der Waals surface area contributed by atoms with Crippen LogP contribution in [0.4, 0.5) is 26.4 Å². The van der Waals surface area contributed by atoms with Crippen LogP contribution in [0.1, 0.15) is 11.3 Å². The number of nitrogens with one attached hydrogen (secondary N) is 3. The first kappa shape index (κ1) is 16.6. The molecular weight excluding hydrogens is 323 g/mol. The molecule has 2 amide bonds. The van der Waals surface area contributed by atoms with Crippen molar-refractivity contribution < 1.29 is 9.18 Å². The lowest BCUT2D eigenvalue weighted by molar-refractivity contribution is 0.262. The van der Waals surface area contributed by atoms with Crippen molar-refractivity contribution in [3.05, 3.63) is 47.5 Å². The number of hydrogen-bond acceptors (Lipinski definition) is 5. The number of carbonyl (C=O) groups is 1. The molecule has 0 aliphatic rings. The largest absolute Gasteiger partial charge is 0.372 e. The average Bonchev–Trinajstić information content (AvgIpc) is 2.58. The van der Waals surface area contributed by atoms with Crippen LogP contribution in [0.25, 0.3) is 11.2 Å². The van der Waals surface area contributed by atoms with Crippen LogP contribution in [-0.4, -0.2) is 28.0 Å². The molecule has 3 aromatic rings. The summed E-state index contributed by atoms with van der Waals surface area (Å²) >= 11 is 0. The van der Waals surface area contributed by atoms with E-state index in [2.05, 4.69) is 30.9 Å². The molecule has 0 saturated carbocycles. The number of halogens is 1. The Kier molecular flexibility index (Phi) is 4.42. The van der Waals surface area contributed by atoms with Gasteiger partial charge in [-0.05, 0) is 43.7 Å². The maximum Gasteiger partial charge on any atom is 0.323 e. The molecule has 128 valence electrons. The number of carbonyl (C=O) groups excluding carboxylic acids is 1. The molecule has 25 heavy (non-hydrogen) atoms. The zero-order valence-corrected chi connectivity index (χ0v) is 14.0. The molecule has 0 unspecified atom stereocenters. The third-order valence-electron chi connectivity index (χ3n) is 3.65. The van der Waals surface area contributed by atoms with Gasteiger partial charge in [-0.25, -0.2) is 24.1 Å². The fourth-order valence-corrected chi connectivity index (χ4v) is 2.29. The van der Waals surface area contributed by atoms with Crippen LogP contribution >= 0.6 is 0 Å². The Labute approximate surface area is 143 Å². The summed E-state index contributed by atoms with van der Waals surface area (Å²) in [4.78, 5) is 25.1. The van der Waals surface area contributed by atoms with Crippen molar-refractivity contribution in [2.45, 2.75) is 13.8 Å². The second kappa shape index (κ2) is 6.68. The first-order chi connectivity index (χ1) is 12.0. The molecule has 0 bridgehead atoms. The number of rotatable bonds is 3. The van der Waals surface area contributed by atoms with Crippen LogP contribution in [0.5, 0.6) is 0 Å². The van der Waals surface area contributed by atoms with Gasteiger partial charge in [0.2, 0.25) is 0 Å². The van der Waals surface area contributed by atoms with Gasteiger partial charge >= 0.3 is 6.03 Å². The van der Waals surface area contributed by atoms with Gasteiger partial charge in [-0.3, -0.25) is 0 Å². The van der Waals surface area contributed by atoms with Crippen molar-refractivity contribution in [3.63, 3.8) is 0 Å². The van der Waals surface area contributed by atoms with Gasteiger partial charge in [-0.15, -0.1) is 0 Å². The molecule has 0 radical (unpaired) electrons. The van der Waals surface area contributed by atoms with E-state index in [9.17, 15) is 9.18 Å². The van der Waals surface area contributed by atoms with Crippen LogP contribution < -0.4 is 16.0 Å². The lowest BCUT2D eigenvalue weighted by Crippen LogP contribution is -2.20. The zero-order valence-electron chi connectivity index (χ0n) is 14.0. The quantitative estimate of drug-likeness (QED) is 0.679. The van der Waals surface area contributed by atoms with Crippen molar-refractivity contribution in [2.24, 2.45) is 0 Å². The van der Waals surface area contributed by atoms with Crippen LogP contribution in [-0.2, 0) is 0 Å². The summed E-state index contributed by atoms with van der Waals surface area (Å²) in [5, 5.41) is 8.29. The van der Waals surface area contributed by atoms with Gasteiger partial charge < -0.3 is 16.0 Å². The number of nitrogens with zero attached hydrogens (tertiary/aromatic N) is 3. The molecule has 0 saturated heterocycles. The molecule has 8 heteroatoms. The standard InChI is InChI=1S/C17H17FN6O/c1-9-6-11(4-5-12(9)18)22-17(25)23-13-7-14-16(21-10(13)2)24-15(19-3)8-20-14/h4-8H,1-3H3,(H,19,21,24)(H2,22,23,25). The number of urea groups is 1. The third-order valence-corrected chi connectivity index (χ3v) is 3.65. The molecule has 7 nitrogen and oxygen atoms in total. The number of benzene rings is 1. The predicted molar refractivity (Wildman–Crippen MR) is 95.4 cm³/mol. The zero-order chi connectivity index (χ0) is 18.0. The number of amides is 2. The van der Waals surface area contributed by atoms with Crippen LogP contribution in [0.3, 0.4) is 0 Å². The van der Waals surface area contributed by atoms with E-state index in [4.69, 9.17) is 0 Å². The fourth-order valence-electron chi connectivity index (χ4n) is 2.29. The smallest absolute Gasteiger partial charge is 0.323 e. The number of hydrogen-bond donors (Lipinski definition) is 3. The second-order valence-corrected chi connectivity index (χ2v) is 5.51. The van der Waals surface area contributed by atoms with Gasteiger partial charge in [-0.1, -0.05) is 0 Å². The van der Waals surface area contributed by atoms with Crippen molar-refractivity contribution in [1.29, 1.82) is 0 Å². The van der Waals surface area contributed by atoms with Crippen LogP contribution in [0, 0.1) is 19.7 Å². The summed E-state index contributed by atoms with van der Waals surface area (Å²) in [6, 6.07) is 5.63. The van der Waals surface area contributed by atoms with E-state index < -0.39 is 6.03 Å². The van der Waals surface area contributed by atoms with Crippen LogP contribution in [0.2, 0.25) is 0 Å². The molecule has 0 spiro atoms. The van der Waals surface area contributed by atoms with E-state index in [-0.39, 0.29) is 5.82 Å². The monoisotopic (exact) mass is 340 g/mol. The highest BCUT2D eigenvalue weighted by molar-refractivity contribution is 6.00. The molecule has 3 rings (SSSR count). The van der Waals surface area contributed by atoms with E-state index in [0.29, 0.717) is 39.6 Å². The Hall–Kier alpha value is -3.29. The van der Waals surface area contributed by atoms with Gasteiger partial charge in [0.05, 0.1) is 17.6 Å². The van der Waals surface area contributed by atoms with Crippen molar-refractivity contribution >= 4 is 34.4 Å². The average molecular weight is 340 g/mol. The molecule has 3 N–H and O–H groups in total. The normalized spacial score (nSPS) is 10.6. The second-order valence-electron chi connectivity index (χ2n) is 5.51. The molecule has 0 aliphatic carbocycles. The van der Waals surface area contributed by atoms with Gasteiger partial charge in [0.1, 0.15) is 17.2 Å². The summed E-state index contributed by atoms with van der Waals surface area (Å²) < 4.78 is 13.3. The molecule has 2 heterocycles. The minimum Gasteiger partial charge on any atom is -0.372 e.